The lowest BCUT2D eigenvalue weighted by Crippen LogP contribution is -2.50. The number of nitrogens with two attached hydrogens (primary N) is 1. The number of hydrogen-bond acceptors (Lipinski definition) is 2. The summed E-state index contributed by atoms with van der Waals surface area (Å²) in [5, 5.41) is 3.11. The topological polar surface area (TPSA) is 55.1 Å². The molecule has 1 fully saturated rings. The fourth-order valence-corrected chi connectivity index (χ4v) is 2.63. The quantitative estimate of drug-likeness (QED) is 0.856. The highest BCUT2D eigenvalue weighted by atomic mass is 16.2. The van der Waals surface area contributed by atoms with Crippen LogP contribution in [0.1, 0.15) is 43.4 Å². The van der Waals surface area contributed by atoms with E-state index in [2.05, 4.69) is 24.4 Å². The van der Waals surface area contributed by atoms with Gasteiger partial charge >= 0.3 is 0 Å². The third-order valence-corrected chi connectivity index (χ3v) is 4.19. The van der Waals surface area contributed by atoms with E-state index in [0.717, 1.165) is 19.3 Å². The minimum absolute atomic E-state index is 0.0442. The highest BCUT2D eigenvalue weighted by molar-refractivity contribution is 5.84. The van der Waals surface area contributed by atoms with Gasteiger partial charge in [-0.25, -0.2) is 0 Å². The molecule has 1 aromatic rings. The minimum Gasteiger partial charge on any atom is -0.349 e. The van der Waals surface area contributed by atoms with E-state index in [1.807, 2.05) is 19.1 Å². The molecule has 98 valence electrons. The van der Waals surface area contributed by atoms with Gasteiger partial charge in [-0.1, -0.05) is 30.7 Å². The number of hydrogen-bond donors (Lipinski definition) is 2. The molecule has 18 heavy (non-hydrogen) atoms. The standard InChI is InChI=1S/C15H22N2O/c1-11-6-3-4-7-13(11)12(2)17-14(18)15(10-16)8-5-9-15/h3-4,6-7,12H,5,8-10,16H2,1-2H3,(H,17,18)/t12-/m1/s1. The molecule has 0 aromatic heterocycles. The van der Waals surface area contributed by atoms with Crippen molar-refractivity contribution in [3.8, 4) is 0 Å². The third-order valence-electron chi connectivity index (χ3n) is 4.19. The Morgan fingerprint density at radius 1 is 1.44 bits per heavy atom. The monoisotopic (exact) mass is 246 g/mol. The Hall–Kier alpha value is -1.35. The van der Waals surface area contributed by atoms with Crippen molar-refractivity contribution in [3.05, 3.63) is 35.4 Å². The molecular formula is C15H22N2O. The maximum atomic E-state index is 12.3. The summed E-state index contributed by atoms with van der Waals surface area (Å²) in [5.41, 5.74) is 7.85. The van der Waals surface area contributed by atoms with E-state index < -0.39 is 0 Å². The Kier molecular flexibility index (Phi) is 3.71. The van der Waals surface area contributed by atoms with Gasteiger partial charge in [-0.05, 0) is 37.8 Å². The van der Waals surface area contributed by atoms with Gasteiger partial charge in [0.05, 0.1) is 11.5 Å². The zero-order valence-corrected chi connectivity index (χ0v) is 11.2. The van der Waals surface area contributed by atoms with Crippen LogP contribution in [0.2, 0.25) is 0 Å². The summed E-state index contributed by atoms with van der Waals surface area (Å²) in [5.74, 6) is 0.118. The van der Waals surface area contributed by atoms with Crippen molar-refractivity contribution in [3.63, 3.8) is 0 Å². The van der Waals surface area contributed by atoms with Crippen LogP contribution in [-0.2, 0) is 4.79 Å². The Labute approximate surface area is 109 Å². The second kappa shape index (κ2) is 5.11. The molecule has 0 aliphatic heterocycles. The van der Waals surface area contributed by atoms with Gasteiger partial charge < -0.3 is 11.1 Å². The lowest BCUT2D eigenvalue weighted by atomic mass is 9.68. The van der Waals surface area contributed by atoms with Crippen molar-refractivity contribution >= 4 is 5.91 Å². The van der Waals surface area contributed by atoms with Crippen LogP contribution in [0, 0.1) is 12.3 Å². The Balaban J connectivity index is 2.06. The average molecular weight is 246 g/mol. The second-order valence-electron chi connectivity index (χ2n) is 5.39. The van der Waals surface area contributed by atoms with E-state index in [1.54, 1.807) is 0 Å². The third kappa shape index (κ3) is 2.27. The van der Waals surface area contributed by atoms with Gasteiger partial charge in [0, 0.05) is 6.54 Å². The molecule has 1 aromatic carbocycles. The van der Waals surface area contributed by atoms with Crippen molar-refractivity contribution in [1.82, 2.24) is 5.32 Å². The van der Waals surface area contributed by atoms with E-state index >= 15 is 0 Å². The molecule has 3 heteroatoms. The molecule has 1 aliphatic carbocycles. The molecular weight excluding hydrogens is 224 g/mol. The first-order valence-electron chi connectivity index (χ1n) is 6.66. The Morgan fingerprint density at radius 3 is 2.61 bits per heavy atom. The fourth-order valence-electron chi connectivity index (χ4n) is 2.63. The molecule has 1 saturated carbocycles. The smallest absolute Gasteiger partial charge is 0.227 e. The SMILES string of the molecule is Cc1ccccc1[C@@H](C)NC(=O)C1(CN)CCC1. The van der Waals surface area contributed by atoms with Crippen LogP contribution < -0.4 is 11.1 Å². The number of carbonyl (C=O) groups excluding carboxylic acids is 1. The number of carbonyl (C=O) groups is 1. The summed E-state index contributed by atoms with van der Waals surface area (Å²) in [6.07, 6.45) is 2.97. The van der Waals surface area contributed by atoms with Crippen LogP contribution in [0.25, 0.3) is 0 Å². The maximum Gasteiger partial charge on any atom is 0.227 e. The first-order chi connectivity index (χ1) is 8.59. The van der Waals surface area contributed by atoms with E-state index in [0.29, 0.717) is 6.54 Å². The summed E-state index contributed by atoms with van der Waals surface area (Å²) in [6, 6.07) is 8.20. The number of aryl methyl sites for hydroxylation is 1. The predicted molar refractivity (Wildman–Crippen MR) is 73.1 cm³/mol. The van der Waals surface area contributed by atoms with Gasteiger partial charge in [0.25, 0.3) is 0 Å². The van der Waals surface area contributed by atoms with E-state index in [4.69, 9.17) is 5.73 Å². The summed E-state index contributed by atoms with van der Waals surface area (Å²) in [4.78, 5) is 12.3. The van der Waals surface area contributed by atoms with Crippen LogP contribution in [-0.4, -0.2) is 12.5 Å². The van der Waals surface area contributed by atoms with Crippen LogP contribution in [0.3, 0.4) is 0 Å². The number of nitrogens with one attached hydrogen (secondary N) is 1. The van der Waals surface area contributed by atoms with E-state index in [1.165, 1.54) is 11.1 Å². The summed E-state index contributed by atoms with van der Waals surface area (Å²) < 4.78 is 0. The molecule has 0 heterocycles. The van der Waals surface area contributed by atoms with Gasteiger partial charge in [0.15, 0.2) is 0 Å². The van der Waals surface area contributed by atoms with Gasteiger partial charge in [-0.15, -0.1) is 0 Å². The van der Waals surface area contributed by atoms with E-state index in [9.17, 15) is 4.79 Å². The summed E-state index contributed by atoms with van der Waals surface area (Å²) in [6.45, 7) is 4.56. The van der Waals surface area contributed by atoms with Crippen molar-refractivity contribution in [2.45, 2.75) is 39.2 Å². The first-order valence-corrected chi connectivity index (χ1v) is 6.66. The van der Waals surface area contributed by atoms with Crippen LogP contribution in [0.15, 0.2) is 24.3 Å². The molecule has 2 rings (SSSR count). The molecule has 1 atom stereocenters. The average Bonchev–Trinajstić information content (AvgIpc) is 2.28. The van der Waals surface area contributed by atoms with Crippen molar-refractivity contribution < 1.29 is 4.79 Å². The number of rotatable bonds is 4. The zero-order chi connectivity index (χ0) is 13.2. The highest BCUT2D eigenvalue weighted by Crippen LogP contribution is 2.40. The number of amides is 1. The number of benzene rings is 1. The Bertz CT molecular complexity index is 432. The largest absolute Gasteiger partial charge is 0.349 e. The first kappa shape index (κ1) is 13.1. The molecule has 0 bridgehead atoms. The molecule has 3 N–H and O–H groups in total. The lowest BCUT2D eigenvalue weighted by Gasteiger charge is -2.40. The predicted octanol–water partition coefficient (Wildman–Crippen LogP) is 2.30. The van der Waals surface area contributed by atoms with Crippen LogP contribution in [0.5, 0.6) is 0 Å². The van der Waals surface area contributed by atoms with E-state index in [-0.39, 0.29) is 17.4 Å². The van der Waals surface area contributed by atoms with Gasteiger partial charge in [-0.2, -0.15) is 0 Å². The van der Waals surface area contributed by atoms with Crippen molar-refractivity contribution in [1.29, 1.82) is 0 Å². The van der Waals surface area contributed by atoms with Gasteiger partial charge in [-0.3, -0.25) is 4.79 Å². The molecule has 0 radical (unpaired) electrons. The molecule has 1 amide bonds. The van der Waals surface area contributed by atoms with Gasteiger partial charge in [0.1, 0.15) is 0 Å². The van der Waals surface area contributed by atoms with Crippen molar-refractivity contribution in [2.24, 2.45) is 11.1 Å². The Morgan fingerprint density at radius 2 is 2.11 bits per heavy atom. The zero-order valence-electron chi connectivity index (χ0n) is 11.2. The molecule has 0 spiro atoms. The molecule has 0 saturated heterocycles. The summed E-state index contributed by atoms with van der Waals surface area (Å²) >= 11 is 0. The van der Waals surface area contributed by atoms with Crippen LogP contribution in [0.4, 0.5) is 0 Å². The highest BCUT2D eigenvalue weighted by Gasteiger charge is 2.43. The normalized spacial score (nSPS) is 18.8. The summed E-state index contributed by atoms with van der Waals surface area (Å²) in [7, 11) is 0. The van der Waals surface area contributed by atoms with Crippen molar-refractivity contribution in [2.75, 3.05) is 6.54 Å². The fraction of sp³-hybridized carbons (Fsp3) is 0.533. The lowest BCUT2D eigenvalue weighted by molar-refractivity contribution is -0.135. The maximum absolute atomic E-state index is 12.3. The molecule has 3 nitrogen and oxygen atoms in total. The van der Waals surface area contributed by atoms with Crippen LogP contribution >= 0.6 is 0 Å². The van der Waals surface area contributed by atoms with Gasteiger partial charge in [0.2, 0.25) is 5.91 Å². The minimum atomic E-state index is -0.295. The molecule has 1 aliphatic rings. The second-order valence-corrected chi connectivity index (χ2v) is 5.39. The molecule has 0 unspecified atom stereocenters.